The number of hydrogen-bond acceptors (Lipinski definition) is 5. The molecule has 1 heterocycles. The molecule has 3 amide bonds. The predicted molar refractivity (Wildman–Crippen MR) is 99.0 cm³/mol. The fourth-order valence-corrected chi connectivity index (χ4v) is 5.00. The Balaban J connectivity index is 1.84. The Morgan fingerprint density at radius 3 is 2.50 bits per heavy atom. The van der Waals surface area contributed by atoms with Gasteiger partial charge in [0.05, 0.1) is 4.58 Å². The van der Waals surface area contributed by atoms with Crippen molar-refractivity contribution in [3.63, 3.8) is 0 Å². The summed E-state index contributed by atoms with van der Waals surface area (Å²) in [7, 11) is 0. The van der Waals surface area contributed by atoms with E-state index in [0.29, 0.717) is 16.8 Å². The second kappa shape index (κ2) is 9.58. The highest BCUT2D eigenvalue weighted by Gasteiger charge is 2.18. The van der Waals surface area contributed by atoms with Crippen molar-refractivity contribution in [1.29, 1.82) is 0 Å². The second-order valence-electron chi connectivity index (χ2n) is 5.25. The summed E-state index contributed by atoms with van der Waals surface area (Å²) < 4.78 is 0.377. The molecule has 0 atom stereocenters. The Kier molecular flexibility index (Phi) is 7.45. The first kappa shape index (κ1) is 18.7. The Morgan fingerprint density at radius 2 is 1.79 bits per heavy atom. The normalized spacial score (nSPS) is 14.7. The number of benzene rings is 1. The molecule has 1 saturated heterocycles. The quantitative estimate of drug-likeness (QED) is 0.545. The van der Waals surface area contributed by atoms with Crippen LogP contribution in [0.25, 0.3) is 0 Å². The van der Waals surface area contributed by atoms with Crippen LogP contribution in [0.1, 0.15) is 23.5 Å². The molecule has 0 saturated carbocycles. The van der Waals surface area contributed by atoms with Crippen molar-refractivity contribution < 1.29 is 14.4 Å². The maximum Gasteiger partial charge on any atom is 0.313 e. The van der Waals surface area contributed by atoms with Gasteiger partial charge in [0.1, 0.15) is 0 Å². The Labute approximate surface area is 149 Å². The largest absolute Gasteiger partial charge is 0.355 e. The maximum absolute atomic E-state index is 11.9. The standard InChI is InChI=1S/C16H21N3O3S2/c1-11(20)17-6-7-18-14(21)15(22)19-13-5-2-4-12(10-13)16-23-8-3-9-24-16/h2,4-5,10,16H,3,6-9H2,1H3,(H,17,20)(H,18,21)(H,19,22). The van der Waals surface area contributed by atoms with Gasteiger partial charge in [0, 0.05) is 25.7 Å². The molecule has 6 nitrogen and oxygen atoms in total. The molecule has 2 rings (SSSR count). The van der Waals surface area contributed by atoms with Gasteiger partial charge in [-0.15, -0.1) is 23.5 Å². The lowest BCUT2D eigenvalue weighted by atomic mass is 10.2. The van der Waals surface area contributed by atoms with E-state index in [-0.39, 0.29) is 12.5 Å². The average Bonchev–Trinajstić information content (AvgIpc) is 2.59. The molecule has 1 fully saturated rings. The van der Waals surface area contributed by atoms with Crippen LogP contribution in [0.15, 0.2) is 24.3 Å². The molecule has 0 radical (unpaired) electrons. The SMILES string of the molecule is CC(=O)NCCNC(=O)C(=O)Nc1cccc(C2SCCCS2)c1. The lowest BCUT2D eigenvalue weighted by Gasteiger charge is -2.21. The molecule has 0 unspecified atom stereocenters. The van der Waals surface area contributed by atoms with Crippen LogP contribution in [-0.4, -0.2) is 42.3 Å². The van der Waals surface area contributed by atoms with Gasteiger partial charge in [-0.05, 0) is 35.6 Å². The van der Waals surface area contributed by atoms with Gasteiger partial charge in [-0.1, -0.05) is 12.1 Å². The number of hydrogen-bond donors (Lipinski definition) is 3. The highest BCUT2D eigenvalue weighted by molar-refractivity contribution is 8.16. The van der Waals surface area contributed by atoms with Crippen LogP contribution < -0.4 is 16.0 Å². The highest BCUT2D eigenvalue weighted by atomic mass is 32.2. The summed E-state index contributed by atoms with van der Waals surface area (Å²) in [6.45, 7) is 1.89. The van der Waals surface area contributed by atoms with E-state index < -0.39 is 11.8 Å². The van der Waals surface area contributed by atoms with Crippen molar-refractivity contribution in [3.05, 3.63) is 29.8 Å². The first-order chi connectivity index (χ1) is 11.6. The third-order valence-electron chi connectivity index (χ3n) is 3.23. The monoisotopic (exact) mass is 367 g/mol. The van der Waals surface area contributed by atoms with Crippen molar-refractivity contribution in [2.75, 3.05) is 29.9 Å². The minimum absolute atomic E-state index is 0.177. The minimum Gasteiger partial charge on any atom is -0.355 e. The molecule has 130 valence electrons. The molecule has 0 aromatic heterocycles. The summed E-state index contributed by atoms with van der Waals surface area (Å²) in [5.41, 5.74) is 1.76. The lowest BCUT2D eigenvalue weighted by Crippen LogP contribution is -2.39. The van der Waals surface area contributed by atoms with E-state index in [4.69, 9.17) is 0 Å². The number of carbonyl (C=O) groups excluding carboxylic acids is 3. The molecule has 0 aliphatic carbocycles. The molecular weight excluding hydrogens is 346 g/mol. The molecule has 0 bridgehead atoms. The van der Waals surface area contributed by atoms with Gasteiger partial charge in [0.15, 0.2) is 0 Å². The van der Waals surface area contributed by atoms with Crippen molar-refractivity contribution >= 4 is 46.9 Å². The number of rotatable bonds is 5. The molecule has 1 aliphatic heterocycles. The van der Waals surface area contributed by atoms with Gasteiger partial charge >= 0.3 is 11.8 Å². The molecular formula is C16H21N3O3S2. The van der Waals surface area contributed by atoms with E-state index in [1.54, 1.807) is 6.07 Å². The summed E-state index contributed by atoms with van der Waals surface area (Å²) in [6, 6.07) is 7.61. The fourth-order valence-electron chi connectivity index (χ4n) is 2.13. The topological polar surface area (TPSA) is 87.3 Å². The molecule has 0 spiro atoms. The second-order valence-corrected chi connectivity index (χ2v) is 7.97. The van der Waals surface area contributed by atoms with Crippen LogP contribution in [-0.2, 0) is 14.4 Å². The molecule has 1 aromatic rings. The number of nitrogens with one attached hydrogen (secondary N) is 3. The Hall–Kier alpha value is -1.67. The van der Waals surface area contributed by atoms with E-state index in [9.17, 15) is 14.4 Å². The zero-order chi connectivity index (χ0) is 17.4. The molecule has 1 aromatic carbocycles. The van der Waals surface area contributed by atoms with Gasteiger partial charge < -0.3 is 16.0 Å². The lowest BCUT2D eigenvalue weighted by molar-refractivity contribution is -0.136. The molecule has 1 aliphatic rings. The summed E-state index contributed by atoms with van der Waals surface area (Å²) >= 11 is 3.81. The maximum atomic E-state index is 11.9. The van der Waals surface area contributed by atoms with Crippen LogP contribution in [0.2, 0.25) is 0 Å². The fraction of sp³-hybridized carbons (Fsp3) is 0.438. The van der Waals surface area contributed by atoms with Crippen molar-refractivity contribution in [2.45, 2.75) is 17.9 Å². The van der Waals surface area contributed by atoms with Crippen molar-refractivity contribution in [1.82, 2.24) is 10.6 Å². The third kappa shape index (κ3) is 6.09. The van der Waals surface area contributed by atoms with Crippen LogP contribution in [0.3, 0.4) is 0 Å². The van der Waals surface area contributed by atoms with Gasteiger partial charge in [-0.25, -0.2) is 0 Å². The van der Waals surface area contributed by atoms with Crippen molar-refractivity contribution in [3.8, 4) is 0 Å². The average molecular weight is 367 g/mol. The van der Waals surface area contributed by atoms with Gasteiger partial charge in [-0.2, -0.15) is 0 Å². The summed E-state index contributed by atoms with van der Waals surface area (Å²) in [4.78, 5) is 34.4. The van der Waals surface area contributed by atoms with Gasteiger partial charge in [-0.3, -0.25) is 14.4 Å². The zero-order valence-electron chi connectivity index (χ0n) is 13.5. The van der Waals surface area contributed by atoms with Crippen LogP contribution in [0, 0.1) is 0 Å². The number of amides is 3. The highest BCUT2D eigenvalue weighted by Crippen LogP contribution is 2.43. The van der Waals surface area contributed by atoms with E-state index in [1.165, 1.54) is 13.3 Å². The van der Waals surface area contributed by atoms with E-state index >= 15 is 0 Å². The predicted octanol–water partition coefficient (Wildman–Crippen LogP) is 1.75. The Morgan fingerprint density at radius 1 is 1.08 bits per heavy atom. The smallest absolute Gasteiger partial charge is 0.313 e. The van der Waals surface area contributed by atoms with Crippen LogP contribution in [0.4, 0.5) is 5.69 Å². The number of carbonyl (C=O) groups is 3. The summed E-state index contributed by atoms with van der Waals surface area (Å²) in [6.07, 6.45) is 1.22. The van der Waals surface area contributed by atoms with Gasteiger partial charge in [0.25, 0.3) is 0 Å². The molecule has 3 N–H and O–H groups in total. The first-order valence-electron chi connectivity index (χ1n) is 7.73. The van der Waals surface area contributed by atoms with E-state index in [0.717, 1.165) is 17.1 Å². The number of anilines is 1. The summed E-state index contributed by atoms with van der Waals surface area (Å²) in [5.74, 6) is 0.686. The van der Waals surface area contributed by atoms with Crippen molar-refractivity contribution in [2.24, 2.45) is 0 Å². The Bertz CT molecular complexity index is 604. The van der Waals surface area contributed by atoms with E-state index in [2.05, 4.69) is 16.0 Å². The first-order valence-corrected chi connectivity index (χ1v) is 9.83. The summed E-state index contributed by atoms with van der Waals surface area (Å²) in [5, 5.41) is 7.62. The third-order valence-corrected chi connectivity index (χ3v) is 6.25. The molecule has 8 heteroatoms. The van der Waals surface area contributed by atoms with Crippen LogP contribution >= 0.6 is 23.5 Å². The van der Waals surface area contributed by atoms with Gasteiger partial charge in [0.2, 0.25) is 5.91 Å². The zero-order valence-corrected chi connectivity index (χ0v) is 15.1. The van der Waals surface area contributed by atoms with Crippen LogP contribution in [0.5, 0.6) is 0 Å². The minimum atomic E-state index is -0.716. The molecule has 24 heavy (non-hydrogen) atoms. The number of thioether (sulfide) groups is 2. The van der Waals surface area contributed by atoms with E-state index in [1.807, 2.05) is 41.7 Å².